The number of hydrogen-bond donors (Lipinski definition) is 1. The molecule has 0 spiro atoms. The van der Waals surface area contributed by atoms with Gasteiger partial charge in [0.25, 0.3) is 0 Å². The molecule has 1 N–H and O–H groups in total. The summed E-state index contributed by atoms with van der Waals surface area (Å²) in [7, 11) is 0. The zero-order valence-corrected chi connectivity index (χ0v) is 12.9. The van der Waals surface area contributed by atoms with Crippen molar-refractivity contribution in [3.63, 3.8) is 0 Å². The first kappa shape index (κ1) is 15.0. The van der Waals surface area contributed by atoms with E-state index in [0.29, 0.717) is 6.04 Å². The molecular formula is C17H26N2O2. The van der Waals surface area contributed by atoms with Gasteiger partial charge in [0.2, 0.25) is 0 Å². The molecule has 4 heteroatoms. The quantitative estimate of drug-likeness (QED) is 0.893. The summed E-state index contributed by atoms with van der Waals surface area (Å²) in [6.45, 7) is 8.60. The van der Waals surface area contributed by atoms with Gasteiger partial charge in [0.05, 0.1) is 25.9 Å². The van der Waals surface area contributed by atoms with E-state index in [9.17, 15) is 0 Å². The second kappa shape index (κ2) is 7.36. The summed E-state index contributed by atoms with van der Waals surface area (Å²) in [5.74, 6) is 0. The van der Waals surface area contributed by atoms with E-state index in [-0.39, 0.29) is 6.10 Å². The molecule has 1 aromatic rings. The van der Waals surface area contributed by atoms with Crippen LogP contribution in [0.5, 0.6) is 0 Å². The molecule has 2 aliphatic rings. The van der Waals surface area contributed by atoms with Crippen molar-refractivity contribution in [1.29, 1.82) is 0 Å². The van der Waals surface area contributed by atoms with Gasteiger partial charge in [-0.1, -0.05) is 31.2 Å². The Balaban J connectivity index is 1.67. The van der Waals surface area contributed by atoms with Crippen LogP contribution in [-0.4, -0.2) is 56.9 Å². The number of rotatable bonds is 5. The molecule has 1 fully saturated rings. The van der Waals surface area contributed by atoms with Crippen molar-refractivity contribution in [2.45, 2.75) is 25.5 Å². The van der Waals surface area contributed by atoms with Crippen molar-refractivity contribution >= 4 is 0 Å². The van der Waals surface area contributed by atoms with Crippen LogP contribution < -0.4 is 5.32 Å². The van der Waals surface area contributed by atoms with Crippen LogP contribution in [0.15, 0.2) is 24.3 Å². The fourth-order valence-corrected chi connectivity index (χ4v) is 3.27. The molecule has 0 saturated carbocycles. The maximum absolute atomic E-state index is 6.06. The van der Waals surface area contributed by atoms with E-state index >= 15 is 0 Å². The van der Waals surface area contributed by atoms with Crippen LogP contribution in [0.3, 0.4) is 0 Å². The molecule has 2 unspecified atom stereocenters. The van der Waals surface area contributed by atoms with Crippen LogP contribution in [0.2, 0.25) is 0 Å². The Bertz CT molecular complexity index is 452. The third kappa shape index (κ3) is 3.64. The van der Waals surface area contributed by atoms with E-state index in [1.807, 2.05) is 0 Å². The second-order valence-electron chi connectivity index (χ2n) is 5.84. The van der Waals surface area contributed by atoms with Gasteiger partial charge in [0.1, 0.15) is 0 Å². The van der Waals surface area contributed by atoms with E-state index in [0.717, 1.165) is 52.4 Å². The van der Waals surface area contributed by atoms with Gasteiger partial charge >= 0.3 is 0 Å². The maximum atomic E-state index is 6.06. The predicted octanol–water partition coefficient (Wildman–Crippen LogP) is 1.61. The number of morpholine rings is 1. The molecule has 0 aliphatic carbocycles. The first-order valence-corrected chi connectivity index (χ1v) is 8.10. The topological polar surface area (TPSA) is 33.7 Å². The molecule has 4 nitrogen and oxygen atoms in total. The van der Waals surface area contributed by atoms with Crippen LogP contribution in [-0.2, 0) is 15.9 Å². The molecule has 2 atom stereocenters. The lowest BCUT2D eigenvalue weighted by atomic mass is 9.97. The molecule has 1 aromatic carbocycles. The Morgan fingerprint density at radius 2 is 2.19 bits per heavy atom. The minimum absolute atomic E-state index is 0.206. The third-order valence-corrected chi connectivity index (χ3v) is 4.47. The van der Waals surface area contributed by atoms with Crippen LogP contribution in [0.4, 0.5) is 0 Å². The first-order valence-electron chi connectivity index (χ1n) is 8.10. The second-order valence-corrected chi connectivity index (χ2v) is 5.84. The van der Waals surface area contributed by atoms with Gasteiger partial charge in [-0.2, -0.15) is 0 Å². The Labute approximate surface area is 127 Å². The fraction of sp³-hybridized carbons (Fsp3) is 0.647. The standard InChI is InChI=1S/C17H26N2O2/c1-2-18-11-15-13-20-10-8-19(15)12-17-16-6-4-3-5-14(16)7-9-21-17/h3-6,15,17-18H,2,7-13H2,1H3. The Kier molecular flexibility index (Phi) is 5.25. The van der Waals surface area contributed by atoms with Crippen molar-refractivity contribution in [2.24, 2.45) is 0 Å². The fourth-order valence-electron chi connectivity index (χ4n) is 3.27. The van der Waals surface area contributed by atoms with Crippen molar-refractivity contribution < 1.29 is 9.47 Å². The summed E-state index contributed by atoms with van der Waals surface area (Å²) < 4.78 is 11.7. The highest BCUT2D eigenvalue weighted by Crippen LogP contribution is 2.28. The lowest BCUT2D eigenvalue weighted by Crippen LogP contribution is -2.52. The molecule has 1 saturated heterocycles. The third-order valence-electron chi connectivity index (χ3n) is 4.47. The number of fused-ring (bicyclic) bond motifs is 1. The van der Waals surface area contributed by atoms with Gasteiger partial charge in [0.15, 0.2) is 0 Å². The summed E-state index contributed by atoms with van der Waals surface area (Å²) in [5, 5.41) is 3.44. The first-order chi connectivity index (χ1) is 10.4. The van der Waals surface area contributed by atoms with Crippen LogP contribution in [0, 0.1) is 0 Å². The van der Waals surface area contributed by atoms with E-state index in [1.165, 1.54) is 11.1 Å². The summed E-state index contributed by atoms with van der Waals surface area (Å²) in [5.41, 5.74) is 2.82. The Hall–Kier alpha value is -0.940. The highest BCUT2D eigenvalue weighted by molar-refractivity contribution is 5.31. The lowest BCUT2D eigenvalue weighted by Gasteiger charge is -2.39. The van der Waals surface area contributed by atoms with Crippen LogP contribution in [0.25, 0.3) is 0 Å². The monoisotopic (exact) mass is 290 g/mol. The molecule has 0 radical (unpaired) electrons. The molecule has 116 valence electrons. The molecule has 3 rings (SSSR count). The minimum Gasteiger partial charge on any atom is -0.378 e. The molecule has 2 heterocycles. The zero-order valence-electron chi connectivity index (χ0n) is 12.9. The number of hydrogen-bond acceptors (Lipinski definition) is 4. The van der Waals surface area contributed by atoms with Crippen LogP contribution in [0.1, 0.15) is 24.2 Å². The van der Waals surface area contributed by atoms with E-state index in [2.05, 4.69) is 41.4 Å². The van der Waals surface area contributed by atoms with Gasteiger partial charge in [-0.05, 0) is 24.1 Å². The molecule has 21 heavy (non-hydrogen) atoms. The molecular weight excluding hydrogens is 264 g/mol. The smallest absolute Gasteiger partial charge is 0.0954 e. The van der Waals surface area contributed by atoms with Gasteiger partial charge in [-0.3, -0.25) is 4.90 Å². The SMILES string of the molecule is CCNCC1COCCN1CC1OCCc2ccccc21. The number of benzene rings is 1. The van der Waals surface area contributed by atoms with Crippen molar-refractivity contribution in [1.82, 2.24) is 10.2 Å². The number of nitrogens with zero attached hydrogens (tertiary/aromatic N) is 1. The largest absolute Gasteiger partial charge is 0.378 e. The average molecular weight is 290 g/mol. The zero-order chi connectivity index (χ0) is 14.5. The van der Waals surface area contributed by atoms with Crippen molar-refractivity contribution in [3.05, 3.63) is 35.4 Å². The van der Waals surface area contributed by atoms with Crippen molar-refractivity contribution in [2.75, 3.05) is 46.0 Å². The van der Waals surface area contributed by atoms with Gasteiger partial charge in [-0.25, -0.2) is 0 Å². The van der Waals surface area contributed by atoms with E-state index < -0.39 is 0 Å². The molecule has 0 bridgehead atoms. The Morgan fingerprint density at radius 1 is 1.29 bits per heavy atom. The summed E-state index contributed by atoms with van der Waals surface area (Å²) >= 11 is 0. The minimum atomic E-state index is 0.206. The Morgan fingerprint density at radius 3 is 3.10 bits per heavy atom. The predicted molar refractivity (Wildman–Crippen MR) is 83.6 cm³/mol. The normalized spacial score (nSPS) is 26.5. The van der Waals surface area contributed by atoms with Crippen molar-refractivity contribution in [3.8, 4) is 0 Å². The maximum Gasteiger partial charge on any atom is 0.0954 e. The average Bonchev–Trinajstić information content (AvgIpc) is 2.54. The molecule has 0 aromatic heterocycles. The summed E-state index contributed by atoms with van der Waals surface area (Å²) in [6.07, 6.45) is 1.24. The van der Waals surface area contributed by atoms with Gasteiger partial charge in [0, 0.05) is 25.7 Å². The van der Waals surface area contributed by atoms with Gasteiger partial charge < -0.3 is 14.8 Å². The lowest BCUT2D eigenvalue weighted by molar-refractivity contribution is -0.0460. The number of ether oxygens (including phenoxy) is 2. The highest BCUT2D eigenvalue weighted by Gasteiger charge is 2.28. The molecule has 0 amide bonds. The summed E-state index contributed by atoms with van der Waals surface area (Å²) in [4.78, 5) is 2.53. The van der Waals surface area contributed by atoms with E-state index in [4.69, 9.17) is 9.47 Å². The number of nitrogens with one attached hydrogen (secondary N) is 1. The summed E-state index contributed by atoms with van der Waals surface area (Å²) in [6, 6.07) is 9.16. The van der Waals surface area contributed by atoms with Crippen LogP contribution >= 0.6 is 0 Å². The highest BCUT2D eigenvalue weighted by atomic mass is 16.5. The number of likely N-dealkylation sites (N-methyl/N-ethyl adjacent to an activating group) is 1. The molecule has 2 aliphatic heterocycles. The van der Waals surface area contributed by atoms with Gasteiger partial charge in [-0.15, -0.1) is 0 Å². The van der Waals surface area contributed by atoms with E-state index in [1.54, 1.807) is 0 Å².